The van der Waals surface area contributed by atoms with E-state index >= 15 is 0 Å². The van der Waals surface area contributed by atoms with Crippen LogP contribution in [0.5, 0.6) is 11.5 Å². The lowest BCUT2D eigenvalue weighted by Gasteiger charge is -2.26. The van der Waals surface area contributed by atoms with E-state index in [-0.39, 0.29) is 29.5 Å². The number of benzene rings is 2. The first-order valence-electron chi connectivity index (χ1n) is 10.7. The minimum absolute atomic E-state index is 0.0207. The van der Waals surface area contributed by atoms with E-state index in [1.54, 1.807) is 12.1 Å². The van der Waals surface area contributed by atoms with Gasteiger partial charge in [0.1, 0.15) is 5.82 Å². The van der Waals surface area contributed by atoms with Crippen molar-refractivity contribution in [2.45, 2.75) is 16.8 Å². The van der Waals surface area contributed by atoms with E-state index in [4.69, 9.17) is 26.7 Å². The van der Waals surface area contributed by atoms with Gasteiger partial charge in [-0.1, -0.05) is 24.0 Å². The first-order valence-corrected chi connectivity index (χ1v) is 12.2. The summed E-state index contributed by atoms with van der Waals surface area (Å²) < 4.78 is 74.0. The van der Waals surface area contributed by atoms with Gasteiger partial charge < -0.3 is 26.0 Å². The standard InChI is InChI=1S/C24H22F3N5O6S/c1-37-18-11-14(10-16-12-31-22(29)32-20(16)28)9-15(19(18)38-2)6-3-13-4-7-17(8-5-13)23(30,21(33)34)39(35,36)24(25,26)27/h4-5,7-9,11-12H,10,30H2,1-2H3,(H,33,34)(H4,28,29,31,32). The van der Waals surface area contributed by atoms with Crippen LogP contribution in [-0.4, -0.2) is 49.2 Å². The highest BCUT2D eigenvalue weighted by molar-refractivity contribution is 7.93. The Morgan fingerprint density at radius 1 is 1.08 bits per heavy atom. The number of halogens is 3. The first kappa shape index (κ1) is 29.0. The molecule has 1 aromatic heterocycles. The number of carbonyl (C=O) groups is 1. The molecular formula is C24H22F3N5O6S. The Morgan fingerprint density at radius 3 is 2.23 bits per heavy atom. The third-order valence-electron chi connectivity index (χ3n) is 5.55. The van der Waals surface area contributed by atoms with Crippen molar-refractivity contribution in [2.75, 3.05) is 25.7 Å². The molecule has 2 aromatic carbocycles. The maximum atomic E-state index is 13.1. The minimum Gasteiger partial charge on any atom is -0.493 e. The monoisotopic (exact) mass is 565 g/mol. The molecule has 0 radical (unpaired) electrons. The summed E-state index contributed by atoms with van der Waals surface area (Å²) in [7, 11) is -3.50. The second-order valence-corrected chi connectivity index (χ2v) is 10.1. The molecule has 39 heavy (non-hydrogen) atoms. The van der Waals surface area contributed by atoms with Crippen molar-refractivity contribution in [1.29, 1.82) is 0 Å². The summed E-state index contributed by atoms with van der Waals surface area (Å²) in [6.45, 7) is 0. The third kappa shape index (κ3) is 5.52. The summed E-state index contributed by atoms with van der Waals surface area (Å²) >= 11 is 0. The molecule has 0 saturated carbocycles. The number of ether oxygens (including phenoxy) is 2. The fourth-order valence-corrected chi connectivity index (χ4v) is 4.56. The predicted octanol–water partition coefficient (Wildman–Crippen LogP) is 1.78. The maximum absolute atomic E-state index is 13.1. The summed E-state index contributed by atoms with van der Waals surface area (Å²) in [6, 6.07) is 7.35. The average Bonchev–Trinajstić information content (AvgIpc) is 2.87. The molecule has 1 unspecified atom stereocenters. The number of aliphatic carboxylic acids is 1. The number of rotatable bonds is 7. The first-order chi connectivity index (χ1) is 18.1. The van der Waals surface area contributed by atoms with Gasteiger partial charge in [-0.05, 0) is 35.4 Å². The van der Waals surface area contributed by atoms with E-state index in [1.807, 2.05) is 0 Å². The molecule has 0 amide bonds. The molecule has 11 nitrogen and oxygen atoms in total. The normalized spacial score (nSPS) is 13.1. The van der Waals surface area contributed by atoms with Crippen LogP contribution in [0.4, 0.5) is 24.9 Å². The molecule has 3 aromatic rings. The quantitative estimate of drug-likeness (QED) is 0.305. The number of carboxylic acids is 1. The molecule has 15 heteroatoms. The van der Waals surface area contributed by atoms with E-state index in [0.717, 1.165) is 24.3 Å². The van der Waals surface area contributed by atoms with Crippen molar-refractivity contribution in [3.05, 3.63) is 70.4 Å². The number of anilines is 2. The largest absolute Gasteiger partial charge is 0.500 e. The summed E-state index contributed by atoms with van der Waals surface area (Å²) in [5, 5.41) is 9.30. The zero-order valence-electron chi connectivity index (χ0n) is 20.4. The fraction of sp³-hybridized carbons (Fsp3) is 0.208. The van der Waals surface area contributed by atoms with Crippen LogP contribution in [0.3, 0.4) is 0 Å². The van der Waals surface area contributed by atoms with Crippen molar-refractivity contribution < 1.29 is 41.0 Å². The van der Waals surface area contributed by atoms with Gasteiger partial charge in [-0.15, -0.1) is 0 Å². The molecule has 0 bridgehead atoms. The Kier molecular flexibility index (Phi) is 7.94. The molecule has 7 N–H and O–H groups in total. The van der Waals surface area contributed by atoms with Crippen LogP contribution in [0.2, 0.25) is 0 Å². The topological polar surface area (TPSA) is 194 Å². The zero-order valence-corrected chi connectivity index (χ0v) is 21.2. The van der Waals surface area contributed by atoms with Gasteiger partial charge in [0, 0.05) is 23.7 Å². The Bertz CT molecular complexity index is 1580. The summed E-state index contributed by atoms with van der Waals surface area (Å²) in [5.41, 5.74) is 11.9. The number of hydrogen-bond acceptors (Lipinski definition) is 10. The Labute approximate surface area is 220 Å². The van der Waals surface area contributed by atoms with Crippen molar-refractivity contribution >= 4 is 27.6 Å². The van der Waals surface area contributed by atoms with Gasteiger partial charge in [0.25, 0.3) is 14.7 Å². The SMILES string of the molecule is COc1cc(Cc2cnc(N)nc2N)cc(C#Cc2ccc(C(N)(C(=O)O)S(=O)(=O)C(F)(F)F)cc2)c1OC. The molecular weight excluding hydrogens is 543 g/mol. The lowest BCUT2D eigenvalue weighted by atomic mass is 10.0. The Morgan fingerprint density at radius 2 is 1.72 bits per heavy atom. The zero-order chi connectivity index (χ0) is 29.2. The molecule has 0 aliphatic rings. The number of hydrogen-bond donors (Lipinski definition) is 4. The van der Waals surface area contributed by atoms with Crippen molar-refractivity contribution in [3.63, 3.8) is 0 Å². The van der Waals surface area contributed by atoms with Crippen LogP contribution < -0.4 is 26.7 Å². The van der Waals surface area contributed by atoms with Crippen molar-refractivity contribution in [1.82, 2.24) is 9.97 Å². The maximum Gasteiger partial charge on any atom is 0.500 e. The van der Waals surface area contributed by atoms with Crippen molar-refractivity contribution in [2.24, 2.45) is 5.73 Å². The number of nitrogens with two attached hydrogens (primary N) is 3. The van der Waals surface area contributed by atoms with E-state index in [0.29, 0.717) is 22.4 Å². The summed E-state index contributed by atoms with van der Waals surface area (Å²) in [6.07, 6.45) is 1.77. The summed E-state index contributed by atoms with van der Waals surface area (Å²) in [4.78, 5) is 15.7. The minimum atomic E-state index is -6.32. The van der Waals surface area contributed by atoms with Crippen LogP contribution in [0.25, 0.3) is 0 Å². The molecule has 206 valence electrons. The van der Waals surface area contributed by atoms with Gasteiger partial charge >= 0.3 is 11.5 Å². The van der Waals surface area contributed by atoms with Gasteiger partial charge in [0.2, 0.25) is 5.95 Å². The highest BCUT2D eigenvalue weighted by Gasteiger charge is 2.63. The van der Waals surface area contributed by atoms with Gasteiger partial charge in [-0.2, -0.15) is 18.2 Å². The van der Waals surface area contributed by atoms with Crippen LogP contribution in [0, 0.1) is 11.8 Å². The van der Waals surface area contributed by atoms with Gasteiger partial charge in [-0.3, -0.25) is 5.73 Å². The highest BCUT2D eigenvalue weighted by atomic mass is 32.2. The van der Waals surface area contributed by atoms with Crippen LogP contribution >= 0.6 is 0 Å². The average molecular weight is 566 g/mol. The number of methoxy groups -OCH3 is 2. The number of sulfone groups is 1. The number of alkyl halides is 3. The molecule has 0 fully saturated rings. The molecule has 0 saturated heterocycles. The molecule has 0 aliphatic carbocycles. The van der Waals surface area contributed by atoms with Gasteiger partial charge in [0.05, 0.1) is 19.8 Å². The van der Waals surface area contributed by atoms with Gasteiger partial charge in [0.15, 0.2) is 11.5 Å². The molecule has 1 heterocycles. The summed E-state index contributed by atoms with van der Waals surface area (Å²) in [5.74, 6) is 4.07. The number of nitrogens with zero attached hydrogens (tertiary/aromatic N) is 2. The molecule has 0 aliphatic heterocycles. The second kappa shape index (κ2) is 10.7. The van der Waals surface area contributed by atoms with E-state index in [2.05, 4.69) is 21.8 Å². The number of aromatic nitrogens is 2. The number of nitrogen functional groups attached to an aromatic ring is 2. The van der Waals surface area contributed by atoms with Crippen LogP contribution in [0.1, 0.15) is 27.8 Å². The lowest BCUT2D eigenvalue weighted by molar-refractivity contribution is -0.141. The molecule has 3 rings (SSSR count). The van der Waals surface area contributed by atoms with E-state index < -0.39 is 31.7 Å². The smallest absolute Gasteiger partial charge is 0.493 e. The van der Waals surface area contributed by atoms with Crippen LogP contribution in [0.15, 0.2) is 42.6 Å². The molecule has 1 atom stereocenters. The third-order valence-corrected chi connectivity index (χ3v) is 7.42. The van der Waals surface area contributed by atoms with Crippen molar-refractivity contribution in [3.8, 4) is 23.3 Å². The highest BCUT2D eigenvalue weighted by Crippen LogP contribution is 2.38. The van der Waals surface area contributed by atoms with E-state index in [1.165, 1.54) is 20.4 Å². The van der Waals surface area contributed by atoms with E-state index in [9.17, 15) is 31.5 Å². The fourth-order valence-electron chi connectivity index (χ4n) is 3.52. The Hall–Kier alpha value is -4.55. The molecule has 0 spiro atoms. The van der Waals surface area contributed by atoms with Crippen LogP contribution in [-0.2, 0) is 25.9 Å². The number of carboxylic acid groups (broad SMARTS) is 1. The Balaban J connectivity index is 2.02. The van der Waals surface area contributed by atoms with Gasteiger partial charge in [-0.25, -0.2) is 18.2 Å². The predicted molar refractivity (Wildman–Crippen MR) is 134 cm³/mol. The lowest BCUT2D eigenvalue weighted by Crippen LogP contribution is -2.56. The second-order valence-electron chi connectivity index (χ2n) is 8.01.